The van der Waals surface area contributed by atoms with Crippen LogP contribution in [-0.4, -0.2) is 21.7 Å². The number of hydrogen-bond acceptors (Lipinski definition) is 4. The van der Waals surface area contributed by atoms with Gasteiger partial charge in [-0.1, -0.05) is 12.1 Å². The largest absolute Gasteiger partial charge is 0.444 e. The van der Waals surface area contributed by atoms with Crippen molar-refractivity contribution in [3.63, 3.8) is 0 Å². The van der Waals surface area contributed by atoms with Crippen LogP contribution in [0.1, 0.15) is 32.9 Å². The standard InChI is InChI=1S/C14H15F2N3O2/c1-14(2,3)21-13(20)19-12-10(11(15)16)17-8-6-4-5-7-9(8)18-12/h4-7,11H,1-3H3,(H,18,19,20). The number of fused-ring (bicyclic) bond motifs is 1. The zero-order chi connectivity index (χ0) is 15.6. The summed E-state index contributed by atoms with van der Waals surface area (Å²) in [4.78, 5) is 19.5. The van der Waals surface area contributed by atoms with E-state index in [1.165, 1.54) is 0 Å². The van der Waals surface area contributed by atoms with Crippen molar-refractivity contribution in [1.82, 2.24) is 9.97 Å². The second kappa shape index (κ2) is 5.59. The minimum absolute atomic E-state index is 0.294. The van der Waals surface area contributed by atoms with Crippen LogP contribution in [0.3, 0.4) is 0 Å². The van der Waals surface area contributed by atoms with Crippen LogP contribution in [0.5, 0.6) is 0 Å². The maximum atomic E-state index is 13.0. The van der Waals surface area contributed by atoms with E-state index < -0.39 is 23.8 Å². The Morgan fingerprint density at radius 2 is 1.76 bits per heavy atom. The van der Waals surface area contributed by atoms with Crippen molar-refractivity contribution in [2.45, 2.75) is 32.8 Å². The molecule has 2 aromatic rings. The molecule has 1 aromatic carbocycles. The number of benzene rings is 1. The molecule has 0 aliphatic rings. The smallest absolute Gasteiger partial charge is 0.413 e. The highest BCUT2D eigenvalue weighted by atomic mass is 19.3. The van der Waals surface area contributed by atoms with Crippen molar-refractivity contribution < 1.29 is 18.3 Å². The molecule has 7 heteroatoms. The summed E-state index contributed by atoms with van der Waals surface area (Å²) in [5.74, 6) is -0.294. The van der Waals surface area contributed by atoms with E-state index in [0.29, 0.717) is 11.0 Å². The monoisotopic (exact) mass is 295 g/mol. The number of amides is 1. The molecule has 0 fully saturated rings. The van der Waals surface area contributed by atoms with E-state index >= 15 is 0 Å². The van der Waals surface area contributed by atoms with E-state index in [4.69, 9.17) is 4.74 Å². The minimum Gasteiger partial charge on any atom is -0.444 e. The fraction of sp³-hybridized carbons (Fsp3) is 0.357. The molecule has 0 aliphatic carbocycles. The highest BCUT2D eigenvalue weighted by Crippen LogP contribution is 2.26. The molecule has 0 spiro atoms. The second-order valence-corrected chi connectivity index (χ2v) is 5.37. The maximum Gasteiger partial charge on any atom is 0.413 e. The third-order valence-corrected chi connectivity index (χ3v) is 2.42. The van der Waals surface area contributed by atoms with Gasteiger partial charge in [0.25, 0.3) is 6.43 Å². The fourth-order valence-corrected chi connectivity index (χ4v) is 1.66. The summed E-state index contributed by atoms with van der Waals surface area (Å²) in [5, 5.41) is 2.23. The first-order valence-electron chi connectivity index (χ1n) is 6.31. The quantitative estimate of drug-likeness (QED) is 0.912. The summed E-state index contributed by atoms with van der Waals surface area (Å²) in [5.41, 5.74) is -0.575. The highest BCUT2D eigenvalue weighted by Gasteiger charge is 2.22. The highest BCUT2D eigenvalue weighted by molar-refractivity contribution is 5.86. The van der Waals surface area contributed by atoms with Crippen LogP contribution in [0, 0.1) is 0 Å². The second-order valence-electron chi connectivity index (χ2n) is 5.37. The number of ether oxygens (including phenoxy) is 1. The molecule has 1 N–H and O–H groups in total. The Labute approximate surface area is 120 Å². The predicted octanol–water partition coefficient (Wildman–Crippen LogP) is 3.91. The minimum atomic E-state index is -2.85. The van der Waals surface area contributed by atoms with E-state index in [1.807, 2.05) is 0 Å². The van der Waals surface area contributed by atoms with E-state index in [9.17, 15) is 13.6 Å². The Morgan fingerprint density at radius 1 is 1.19 bits per heavy atom. The van der Waals surface area contributed by atoms with E-state index in [-0.39, 0.29) is 5.82 Å². The number of carbonyl (C=O) groups excluding carboxylic acids is 1. The van der Waals surface area contributed by atoms with Crippen molar-refractivity contribution in [3.05, 3.63) is 30.0 Å². The van der Waals surface area contributed by atoms with Crippen LogP contribution in [0.25, 0.3) is 11.0 Å². The van der Waals surface area contributed by atoms with Gasteiger partial charge in [0.2, 0.25) is 0 Å². The van der Waals surface area contributed by atoms with Crippen LogP contribution in [0.15, 0.2) is 24.3 Å². The first kappa shape index (κ1) is 15.1. The van der Waals surface area contributed by atoms with Gasteiger partial charge in [0, 0.05) is 0 Å². The average molecular weight is 295 g/mol. The van der Waals surface area contributed by atoms with Gasteiger partial charge in [0.15, 0.2) is 5.82 Å². The Morgan fingerprint density at radius 3 is 2.29 bits per heavy atom. The number of alkyl halides is 2. The molecular formula is C14H15F2N3O2. The molecule has 0 atom stereocenters. The number of rotatable bonds is 2. The number of halogens is 2. The summed E-state index contributed by atoms with van der Waals surface area (Å²) in [6, 6.07) is 6.58. The molecule has 0 saturated carbocycles. The molecule has 1 aromatic heterocycles. The van der Waals surface area contributed by atoms with Crippen LogP contribution < -0.4 is 5.32 Å². The maximum absolute atomic E-state index is 13.0. The Kier molecular flexibility index (Phi) is 4.02. The van der Waals surface area contributed by atoms with Gasteiger partial charge in [-0.05, 0) is 32.9 Å². The molecule has 0 unspecified atom stereocenters. The molecule has 1 heterocycles. The molecule has 0 saturated heterocycles. The third-order valence-electron chi connectivity index (χ3n) is 2.42. The number of para-hydroxylation sites is 2. The number of anilines is 1. The Balaban J connectivity index is 2.37. The van der Waals surface area contributed by atoms with Gasteiger partial charge in [-0.2, -0.15) is 0 Å². The zero-order valence-corrected chi connectivity index (χ0v) is 11.9. The Hall–Kier alpha value is -2.31. The number of hydrogen-bond donors (Lipinski definition) is 1. The molecule has 0 radical (unpaired) electrons. The molecule has 0 bridgehead atoms. The van der Waals surface area contributed by atoms with E-state index in [1.54, 1.807) is 45.0 Å². The van der Waals surface area contributed by atoms with Crippen LogP contribution in [0.2, 0.25) is 0 Å². The number of carbonyl (C=O) groups is 1. The molecule has 1 amide bonds. The molecule has 112 valence electrons. The van der Waals surface area contributed by atoms with Crippen LogP contribution >= 0.6 is 0 Å². The van der Waals surface area contributed by atoms with Crippen molar-refractivity contribution in [1.29, 1.82) is 0 Å². The van der Waals surface area contributed by atoms with Crippen LogP contribution in [0.4, 0.5) is 19.4 Å². The van der Waals surface area contributed by atoms with Gasteiger partial charge in [-0.15, -0.1) is 0 Å². The lowest BCUT2D eigenvalue weighted by atomic mass is 10.2. The number of aromatic nitrogens is 2. The van der Waals surface area contributed by atoms with Gasteiger partial charge >= 0.3 is 6.09 Å². The SMILES string of the molecule is CC(C)(C)OC(=O)Nc1nc2ccccc2nc1C(F)F. The topological polar surface area (TPSA) is 64.1 Å². The summed E-state index contributed by atoms with van der Waals surface area (Å²) in [7, 11) is 0. The van der Waals surface area contributed by atoms with Gasteiger partial charge < -0.3 is 4.74 Å². The van der Waals surface area contributed by atoms with Crippen molar-refractivity contribution in [3.8, 4) is 0 Å². The van der Waals surface area contributed by atoms with E-state index in [0.717, 1.165) is 0 Å². The van der Waals surface area contributed by atoms with Crippen LogP contribution in [-0.2, 0) is 4.74 Å². The summed E-state index contributed by atoms with van der Waals surface area (Å²) < 4.78 is 31.1. The first-order chi connectivity index (χ1) is 9.76. The first-order valence-corrected chi connectivity index (χ1v) is 6.31. The third kappa shape index (κ3) is 3.84. The number of nitrogens with one attached hydrogen (secondary N) is 1. The zero-order valence-electron chi connectivity index (χ0n) is 11.9. The Bertz CT molecular complexity index is 669. The van der Waals surface area contributed by atoms with Crippen molar-refractivity contribution >= 4 is 22.9 Å². The summed E-state index contributed by atoms with van der Waals surface area (Å²) in [6.07, 6.45) is -3.71. The lowest BCUT2D eigenvalue weighted by Gasteiger charge is -2.20. The lowest BCUT2D eigenvalue weighted by molar-refractivity contribution is 0.0634. The predicted molar refractivity (Wildman–Crippen MR) is 74.4 cm³/mol. The normalized spacial score (nSPS) is 11.7. The van der Waals surface area contributed by atoms with Gasteiger partial charge in [0.1, 0.15) is 11.3 Å². The molecule has 21 heavy (non-hydrogen) atoms. The molecule has 5 nitrogen and oxygen atoms in total. The molecule has 2 rings (SSSR count). The summed E-state index contributed by atoms with van der Waals surface area (Å²) >= 11 is 0. The fourth-order valence-electron chi connectivity index (χ4n) is 1.66. The number of nitrogens with zero attached hydrogens (tertiary/aromatic N) is 2. The van der Waals surface area contributed by atoms with E-state index in [2.05, 4.69) is 15.3 Å². The molecular weight excluding hydrogens is 280 g/mol. The lowest BCUT2D eigenvalue weighted by Crippen LogP contribution is -2.28. The van der Waals surface area contributed by atoms with Crippen molar-refractivity contribution in [2.75, 3.05) is 5.32 Å². The van der Waals surface area contributed by atoms with Gasteiger partial charge in [0.05, 0.1) is 11.0 Å². The van der Waals surface area contributed by atoms with Gasteiger partial charge in [-0.25, -0.2) is 23.5 Å². The summed E-state index contributed by atoms with van der Waals surface area (Å²) in [6.45, 7) is 5.02. The molecule has 0 aliphatic heterocycles. The average Bonchev–Trinajstić information content (AvgIpc) is 2.35. The van der Waals surface area contributed by atoms with Gasteiger partial charge in [-0.3, -0.25) is 5.32 Å². The van der Waals surface area contributed by atoms with Crippen molar-refractivity contribution in [2.24, 2.45) is 0 Å².